The second kappa shape index (κ2) is 7.13. The van der Waals surface area contributed by atoms with E-state index in [0.717, 1.165) is 11.6 Å². The molecule has 1 aliphatic rings. The molecule has 0 spiro atoms. The summed E-state index contributed by atoms with van der Waals surface area (Å²) in [6, 6.07) is 1.80. The molecular formula is C16H23N3O2S. The normalized spacial score (nSPS) is 21.7. The number of hydrogen-bond acceptors (Lipinski definition) is 5. The van der Waals surface area contributed by atoms with Gasteiger partial charge in [-0.15, -0.1) is 6.58 Å². The number of thioether (sulfide) groups is 1. The van der Waals surface area contributed by atoms with Crippen LogP contribution >= 0.6 is 11.8 Å². The highest BCUT2D eigenvalue weighted by molar-refractivity contribution is 7.99. The molecule has 0 unspecified atom stereocenters. The number of ether oxygens (including phenoxy) is 1. The van der Waals surface area contributed by atoms with Gasteiger partial charge in [0.25, 0.3) is 0 Å². The highest BCUT2D eigenvalue weighted by Gasteiger charge is 2.37. The monoisotopic (exact) mass is 321 g/mol. The Labute approximate surface area is 136 Å². The fourth-order valence-corrected chi connectivity index (χ4v) is 3.53. The molecule has 2 rings (SSSR count). The van der Waals surface area contributed by atoms with Crippen LogP contribution in [0.25, 0.3) is 0 Å². The molecule has 0 aromatic carbocycles. The Morgan fingerprint density at radius 3 is 2.73 bits per heavy atom. The first-order valence-electron chi connectivity index (χ1n) is 7.41. The fraction of sp³-hybridized carbons (Fsp3) is 0.562. The Bertz CT molecular complexity index is 516. The minimum atomic E-state index is -0.473. The summed E-state index contributed by atoms with van der Waals surface area (Å²) in [6.45, 7) is 10.8. The maximum Gasteiger partial charge on any atom is 0.410 e. The van der Waals surface area contributed by atoms with Crippen molar-refractivity contribution in [3.63, 3.8) is 0 Å². The molecule has 120 valence electrons. The summed E-state index contributed by atoms with van der Waals surface area (Å²) in [5, 5.41) is 1.00. The molecule has 1 aromatic rings. The summed E-state index contributed by atoms with van der Waals surface area (Å²) >= 11 is 1.62. The fourth-order valence-electron chi connectivity index (χ4n) is 2.37. The summed E-state index contributed by atoms with van der Waals surface area (Å²) in [7, 11) is 0. The maximum atomic E-state index is 12.2. The van der Waals surface area contributed by atoms with Crippen molar-refractivity contribution in [2.24, 2.45) is 5.92 Å². The quantitative estimate of drug-likeness (QED) is 0.628. The molecular weight excluding hydrogens is 298 g/mol. The second-order valence-electron chi connectivity index (χ2n) is 6.36. The highest BCUT2D eigenvalue weighted by atomic mass is 32.2. The van der Waals surface area contributed by atoms with E-state index in [1.165, 1.54) is 0 Å². The lowest BCUT2D eigenvalue weighted by atomic mass is 10.1. The predicted octanol–water partition coefficient (Wildman–Crippen LogP) is 3.38. The smallest absolute Gasteiger partial charge is 0.410 e. The zero-order valence-corrected chi connectivity index (χ0v) is 14.2. The zero-order chi connectivity index (χ0) is 16.2. The van der Waals surface area contributed by atoms with E-state index in [0.29, 0.717) is 19.0 Å². The van der Waals surface area contributed by atoms with Gasteiger partial charge in [0, 0.05) is 30.7 Å². The van der Waals surface area contributed by atoms with Crippen LogP contribution in [0.4, 0.5) is 4.79 Å². The molecule has 6 heteroatoms. The molecule has 0 radical (unpaired) electrons. The van der Waals surface area contributed by atoms with Gasteiger partial charge in [0.1, 0.15) is 5.60 Å². The molecule has 1 fully saturated rings. The minimum absolute atomic E-state index is 0.251. The predicted molar refractivity (Wildman–Crippen MR) is 87.8 cm³/mol. The molecule has 22 heavy (non-hydrogen) atoms. The lowest BCUT2D eigenvalue weighted by molar-refractivity contribution is 0.0289. The topological polar surface area (TPSA) is 55.3 Å². The third kappa shape index (κ3) is 4.73. The second-order valence-corrected chi connectivity index (χ2v) is 7.56. The Kier molecular flexibility index (Phi) is 5.45. The zero-order valence-electron chi connectivity index (χ0n) is 13.4. The highest BCUT2D eigenvalue weighted by Crippen LogP contribution is 2.34. The third-order valence-electron chi connectivity index (χ3n) is 3.30. The number of nitrogens with zero attached hydrogens (tertiary/aromatic N) is 3. The lowest BCUT2D eigenvalue weighted by Gasteiger charge is -2.24. The maximum absolute atomic E-state index is 12.2. The van der Waals surface area contributed by atoms with Gasteiger partial charge in [-0.25, -0.2) is 14.8 Å². The van der Waals surface area contributed by atoms with Crippen LogP contribution in [0.1, 0.15) is 27.2 Å². The van der Waals surface area contributed by atoms with Crippen molar-refractivity contribution in [1.82, 2.24) is 14.9 Å². The van der Waals surface area contributed by atoms with Gasteiger partial charge in [0.05, 0.1) is 0 Å². The number of rotatable bonds is 4. The van der Waals surface area contributed by atoms with Crippen LogP contribution < -0.4 is 0 Å². The third-order valence-corrected chi connectivity index (χ3v) is 4.56. The van der Waals surface area contributed by atoms with E-state index in [9.17, 15) is 4.79 Å². The van der Waals surface area contributed by atoms with E-state index in [2.05, 4.69) is 16.5 Å². The Morgan fingerprint density at radius 1 is 1.45 bits per heavy atom. The van der Waals surface area contributed by atoms with Crippen LogP contribution in [0.15, 0.2) is 36.3 Å². The number of carbonyl (C=O) groups is 1. The largest absolute Gasteiger partial charge is 0.444 e. The summed E-state index contributed by atoms with van der Waals surface area (Å²) < 4.78 is 5.47. The summed E-state index contributed by atoms with van der Waals surface area (Å²) in [4.78, 5) is 22.5. The molecule has 1 aliphatic heterocycles. The van der Waals surface area contributed by atoms with Crippen LogP contribution in [-0.4, -0.2) is 44.9 Å². The van der Waals surface area contributed by atoms with Gasteiger partial charge in [-0.2, -0.15) is 0 Å². The number of aromatic nitrogens is 2. The number of amides is 1. The molecule has 1 aromatic heterocycles. The van der Waals surface area contributed by atoms with Gasteiger partial charge in [-0.05, 0) is 39.2 Å². The van der Waals surface area contributed by atoms with Crippen molar-refractivity contribution in [3.8, 4) is 0 Å². The van der Waals surface area contributed by atoms with E-state index in [1.54, 1.807) is 35.1 Å². The van der Waals surface area contributed by atoms with Crippen molar-refractivity contribution in [1.29, 1.82) is 0 Å². The molecule has 0 bridgehead atoms. The van der Waals surface area contributed by atoms with Crippen LogP contribution in [0.2, 0.25) is 0 Å². The molecule has 2 heterocycles. The van der Waals surface area contributed by atoms with Gasteiger partial charge < -0.3 is 9.64 Å². The van der Waals surface area contributed by atoms with Crippen LogP contribution in [0.5, 0.6) is 0 Å². The number of hydrogen-bond donors (Lipinski definition) is 0. The Balaban J connectivity index is 2.03. The summed E-state index contributed by atoms with van der Waals surface area (Å²) in [6.07, 6.45) is 5.99. The Hall–Kier alpha value is -1.56. The van der Waals surface area contributed by atoms with Crippen molar-refractivity contribution in [3.05, 3.63) is 31.1 Å². The van der Waals surface area contributed by atoms with E-state index in [1.807, 2.05) is 26.8 Å². The van der Waals surface area contributed by atoms with Crippen molar-refractivity contribution in [2.45, 2.75) is 43.2 Å². The first-order valence-corrected chi connectivity index (χ1v) is 8.29. The van der Waals surface area contributed by atoms with Crippen LogP contribution in [0.3, 0.4) is 0 Å². The standard InChI is InChI=1S/C16H23N3O2S/c1-5-7-12-10-19(15(20)21-16(2,3)4)11-13(12)22-14-17-8-6-9-18-14/h5-6,8-9,12-13H,1,7,10-11H2,2-4H3/t12-,13-/m0/s1. The SMILES string of the molecule is C=CC[C@H]1CN(C(=O)OC(C)(C)C)C[C@@H]1Sc1ncccn1. The average molecular weight is 321 g/mol. The molecule has 1 amide bonds. The van der Waals surface area contributed by atoms with E-state index in [-0.39, 0.29) is 11.3 Å². The lowest BCUT2D eigenvalue weighted by Crippen LogP contribution is -2.35. The molecule has 1 saturated heterocycles. The van der Waals surface area contributed by atoms with Gasteiger partial charge >= 0.3 is 6.09 Å². The van der Waals surface area contributed by atoms with Gasteiger partial charge in [-0.3, -0.25) is 0 Å². The minimum Gasteiger partial charge on any atom is -0.444 e. The Morgan fingerprint density at radius 2 is 2.14 bits per heavy atom. The first-order chi connectivity index (χ1) is 10.4. The summed E-state index contributed by atoms with van der Waals surface area (Å²) in [5.74, 6) is 0.346. The van der Waals surface area contributed by atoms with E-state index >= 15 is 0 Å². The number of likely N-dealkylation sites (tertiary alicyclic amines) is 1. The molecule has 0 N–H and O–H groups in total. The molecule has 5 nitrogen and oxygen atoms in total. The van der Waals surface area contributed by atoms with Gasteiger partial charge in [0.2, 0.25) is 0 Å². The van der Waals surface area contributed by atoms with Gasteiger partial charge in [0.15, 0.2) is 5.16 Å². The average Bonchev–Trinajstić information content (AvgIpc) is 2.82. The van der Waals surface area contributed by atoms with Gasteiger partial charge in [-0.1, -0.05) is 17.8 Å². The number of allylic oxidation sites excluding steroid dienone is 1. The molecule has 2 atom stereocenters. The van der Waals surface area contributed by atoms with Crippen molar-refractivity contribution < 1.29 is 9.53 Å². The van der Waals surface area contributed by atoms with Crippen molar-refractivity contribution >= 4 is 17.9 Å². The number of carbonyl (C=O) groups excluding carboxylic acids is 1. The van der Waals surface area contributed by atoms with E-state index < -0.39 is 5.60 Å². The first kappa shape index (κ1) is 16.8. The molecule has 0 saturated carbocycles. The van der Waals surface area contributed by atoms with Crippen LogP contribution in [0, 0.1) is 5.92 Å². The summed E-state index contributed by atoms with van der Waals surface area (Å²) in [5.41, 5.74) is -0.473. The van der Waals surface area contributed by atoms with E-state index in [4.69, 9.17) is 4.74 Å². The van der Waals surface area contributed by atoms with Crippen LogP contribution in [-0.2, 0) is 4.74 Å². The molecule has 0 aliphatic carbocycles. The van der Waals surface area contributed by atoms with Crippen molar-refractivity contribution in [2.75, 3.05) is 13.1 Å².